The first kappa shape index (κ1) is 15.3. The molecule has 2 unspecified atom stereocenters. The highest BCUT2D eigenvalue weighted by Gasteiger charge is 2.26. The second-order valence-corrected chi connectivity index (χ2v) is 6.06. The lowest BCUT2D eigenvalue weighted by Crippen LogP contribution is -2.44. The highest BCUT2D eigenvalue weighted by Crippen LogP contribution is 2.26. The Hall–Kier alpha value is -1.07. The molecule has 110 valence electrons. The third-order valence-electron chi connectivity index (χ3n) is 3.95. The van der Waals surface area contributed by atoms with Gasteiger partial charge in [0, 0.05) is 10.5 Å². The van der Waals surface area contributed by atoms with E-state index in [9.17, 15) is 4.79 Å². The van der Waals surface area contributed by atoms with Crippen molar-refractivity contribution in [1.29, 1.82) is 0 Å². The molecule has 3 N–H and O–H groups in total. The number of ether oxygens (including phenoxy) is 1. The summed E-state index contributed by atoms with van der Waals surface area (Å²) < 4.78 is 5.95. The van der Waals surface area contributed by atoms with Gasteiger partial charge in [0.2, 0.25) is 0 Å². The monoisotopic (exact) mass is 340 g/mol. The Kier molecular flexibility index (Phi) is 5.43. The van der Waals surface area contributed by atoms with Crippen LogP contribution < -0.4 is 15.8 Å². The van der Waals surface area contributed by atoms with Crippen LogP contribution in [0.5, 0.6) is 5.75 Å². The first-order chi connectivity index (χ1) is 9.65. The van der Waals surface area contributed by atoms with Crippen LogP contribution in [0.15, 0.2) is 22.7 Å². The third kappa shape index (κ3) is 3.52. The van der Waals surface area contributed by atoms with Crippen molar-refractivity contribution in [2.45, 2.75) is 31.7 Å². The number of hydrogen-bond donors (Lipinski definition) is 2. The average Bonchev–Trinajstić information content (AvgIpc) is 2.48. The zero-order valence-electron chi connectivity index (χ0n) is 11.7. The van der Waals surface area contributed by atoms with Gasteiger partial charge in [-0.2, -0.15) is 0 Å². The van der Waals surface area contributed by atoms with E-state index >= 15 is 0 Å². The number of methoxy groups -OCH3 is 1. The van der Waals surface area contributed by atoms with Crippen LogP contribution in [0.4, 0.5) is 0 Å². The van der Waals surface area contributed by atoms with E-state index in [1.807, 2.05) is 12.1 Å². The number of carbonyl (C=O) groups is 1. The number of carbonyl (C=O) groups excluding carboxylic acids is 1. The molecule has 1 aliphatic rings. The number of hydrogen-bond acceptors (Lipinski definition) is 3. The van der Waals surface area contributed by atoms with Gasteiger partial charge in [-0.1, -0.05) is 12.8 Å². The summed E-state index contributed by atoms with van der Waals surface area (Å²) in [5.74, 6) is 0.996. The van der Waals surface area contributed by atoms with Gasteiger partial charge in [0.1, 0.15) is 5.75 Å². The molecule has 0 bridgehead atoms. The van der Waals surface area contributed by atoms with Gasteiger partial charge in [0.15, 0.2) is 0 Å². The number of benzene rings is 1. The van der Waals surface area contributed by atoms with Gasteiger partial charge in [-0.15, -0.1) is 0 Å². The minimum absolute atomic E-state index is 0.0684. The van der Waals surface area contributed by atoms with Crippen LogP contribution in [0.1, 0.15) is 36.0 Å². The summed E-state index contributed by atoms with van der Waals surface area (Å²) in [7, 11) is 1.59. The number of amides is 1. The minimum atomic E-state index is -0.0684. The molecule has 1 aromatic carbocycles. The third-order valence-corrected chi connectivity index (χ3v) is 4.64. The van der Waals surface area contributed by atoms with Gasteiger partial charge in [0.05, 0.1) is 12.7 Å². The van der Waals surface area contributed by atoms with Crippen LogP contribution in [0, 0.1) is 5.92 Å². The Balaban J connectivity index is 2.11. The average molecular weight is 341 g/mol. The fourth-order valence-corrected chi connectivity index (χ4v) is 3.16. The summed E-state index contributed by atoms with van der Waals surface area (Å²) in [6, 6.07) is 5.58. The molecular weight excluding hydrogens is 320 g/mol. The molecule has 1 amide bonds. The maximum absolute atomic E-state index is 12.4. The normalized spacial score (nSPS) is 22.4. The first-order valence-corrected chi connectivity index (χ1v) is 7.79. The van der Waals surface area contributed by atoms with E-state index in [1.165, 1.54) is 6.42 Å². The summed E-state index contributed by atoms with van der Waals surface area (Å²) >= 11 is 3.42. The Bertz CT molecular complexity index is 479. The number of nitrogens with two attached hydrogens (primary N) is 1. The molecule has 0 aromatic heterocycles. The van der Waals surface area contributed by atoms with Crippen molar-refractivity contribution in [2.75, 3.05) is 13.7 Å². The highest BCUT2D eigenvalue weighted by molar-refractivity contribution is 9.10. The zero-order valence-corrected chi connectivity index (χ0v) is 13.3. The molecule has 1 aliphatic carbocycles. The van der Waals surface area contributed by atoms with Gasteiger partial charge in [-0.3, -0.25) is 4.79 Å². The van der Waals surface area contributed by atoms with Crippen LogP contribution >= 0.6 is 15.9 Å². The summed E-state index contributed by atoms with van der Waals surface area (Å²) in [4.78, 5) is 12.4. The molecule has 2 atom stereocenters. The second-order valence-electron chi connectivity index (χ2n) is 5.21. The quantitative estimate of drug-likeness (QED) is 0.885. The summed E-state index contributed by atoms with van der Waals surface area (Å²) in [6.07, 6.45) is 4.47. The Labute approximate surface area is 128 Å². The predicted octanol–water partition coefficient (Wildman–Crippen LogP) is 2.71. The predicted molar refractivity (Wildman–Crippen MR) is 83.0 cm³/mol. The Morgan fingerprint density at radius 1 is 1.45 bits per heavy atom. The fraction of sp³-hybridized carbons (Fsp3) is 0.533. The van der Waals surface area contributed by atoms with Crippen LogP contribution in [0.2, 0.25) is 0 Å². The lowest BCUT2D eigenvalue weighted by molar-refractivity contribution is 0.0907. The number of halogens is 1. The van der Waals surface area contributed by atoms with E-state index < -0.39 is 0 Å². The number of nitrogens with one attached hydrogen (secondary N) is 1. The maximum Gasteiger partial charge on any atom is 0.252 e. The van der Waals surface area contributed by atoms with Crippen molar-refractivity contribution in [3.63, 3.8) is 0 Å². The molecule has 4 nitrogen and oxygen atoms in total. The van der Waals surface area contributed by atoms with Gasteiger partial charge < -0.3 is 15.8 Å². The summed E-state index contributed by atoms with van der Waals surface area (Å²) in [5, 5.41) is 3.12. The molecule has 0 radical (unpaired) electrons. The van der Waals surface area contributed by atoms with E-state index in [0.717, 1.165) is 23.7 Å². The van der Waals surface area contributed by atoms with Gasteiger partial charge in [-0.05, 0) is 59.4 Å². The molecule has 2 rings (SSSR count). The molecule has 0 saturated heterocycles. The molecule has 1 saturated carbocycles. The van der Waals surface area contributed by atoms with Gasteiger partial charge in [0.25, 0.3) is 5.91 Å². The van der Waals surface area contributed by atoms with Crippen LogP contribution in [0.3, 0.4) is 0 Å². The maximum atomic E-state index is 12.4. The lowest BCUT2D eigenvalue weighted by Gasteiger charge is -2.31. The standard InChI is InChI=1S/C15H21BrN2O2/c1-20-11-6-7-13(16)12(8-11)15(19)18-14-5-3-2-4-10(14)9-17/h6-8,10,14H,2-5,9,17H2,1H3,(H,18,19). The molecule has 20 heavy (non-hydrogen) atoms. The van der Waals surface area contributed by atoms with Crippen molar-refractivity contribution in [3.8, 4) is 5.75 Å². The van der Waals surface area contributed by atoms with Crippen LogP contribution in [-0.2, 0) is 0 Å². The zero-order chi connectivity index (χ0) is 14.5. The van der Waals surface area contributed by atoms with Crippen LogP contribution in [0.25, 0.3) is 0 Å². The largest absolute Gasteiger partial charge is 0.497 e. The van der Waals surface area contributed by atoms with Crippen molar-refractivity contribution in [3.05, 3.63) is 28.2 Å². The second kappa shape index (κ2) is 7.09. The molecule has 0 heterocycles. The fourth-order valence-electron chi connectivity index (χ4n) is 2.73. The molecule has 0 spiro atoms. The number of rotatable bonds is 4. The van der Waals surface area contributed by atoms with Crippen molar-refractivity contribution < 1.29 is 9.53 Å². The molecular formula is C15H21BrN2O2. The van der Waals surface area contributed by atoms with Gasteiger partial charge >= 0.3 is 0 Å². The Morgan fingerprint density at radius 2 is 2.20 bits per heavy atom. The van der Waals surface area contributed by atoms with Crippen molar-refractivity contribution in [2.24, 2.45) is 11.7 Å². The summed E-state index contributed by atoms with van der Waals surface area (Å²) in [5.41, 5.74) is 6.41. The van der Waals surface area contributed by atoms with Crippen LogP contribution in [-0.4, -0.2) is 25.6 Å². The minimum Gasteiger partial charge on any atom is -0.497 e. The van der Waals surface area contributed by atoms with E-state index in [4.69, 9.17) is 10.5 Å². The van der Waals surface area contributed by atoms with E-state index in [-0.39, 0.29) is 11.9 Å². The first-order valence-electron chi connectivity index (χ1n) is 7.00. The molecule has 5 heteroatoms. The molecule has 0 aliphatic heterocycles. The summed E-state index contributed by atoms with van der Waals surface area (Å²) in [6.45, 7) is 0.629. The lowest BCUT2D eigenvalue weighted by atomic mass is 9.84. The Morgan fingerprint density at radius 3 is 2.90 bits per heavy atom. The van der Waals surface area contributed by atoms with E-state index in [1.54, 1.807) is 13.2 Å². The molecule has 1 aromatic rings. The molecule has 1 fully saturated rings. The van der Waals surface area contributed by atoms with Crippen molar-refractivity contribution >= 4 is 21.8 Å². The van der Waals surface area contributed by atoms with E-state index in [0.29, 0.717) is 23.8 Å². The smallest absolute Gasteiger partial charge is 0.252 e. The highest BCUT2D eigenvalue weighted by atomic mass is 79.9. The van der Waals surface area contributed by atoms with Gasteiger partial charge in [-0.25, -0.2) is 0 Å². The topological polar surface area (TPSA) is 64.3 Å². The van der Waals surface area contributed by atoms with E-state index in [2.05, 4.69) is 21.2 Å². The van der Waals surface area contributed by atoms with Crippen molar-refractivity contribution in [1.82, 2.24) is 5.32 Å². The SMILES string of the molecule is COc1ccc(Br)c(C(=O)NC2CCCCC2CN)c1.